The first-order valence-corrected chi connectivity index (χ1v) is 7.30. The van der Waals surface area contributed by atoms with E-state index in [-0.39, 0.29) is 23.2 Å². The molecule has 2 amide bonds. The Kier molecular flexibility index (Phi) is 5.50. The van der Waals surface area contributed by atoms with Crippen molar-refractivity contribution in [3.63, 3.8) is 0 Å². The predicted octanol–water partition coefficient (Wildman–Crippen LogP) is 2.12. The van der Waals surface area contributed by atoms with Gasteiger partial charge in [-0.3, -0.25) is 0 Å². The SMILES string of the molecule is CC(NC(=O)NCCc1nc(C(=O)O)cs1)C(C)(C)C. The number of carbonyl (C=O) groups is 2. The van der Waals surface area contributed by atoms with Crippen molar-refractivity contribution in [3.8, 4) is 0 Å². The van der Waals surface area contributed by atoms with Crippen molar-refractivity contribution in [2.24, 2.45) is 5.41 Å². The van der Waals surface area contributed by atoms with Crippen molar-refractivity contribution in [3.05, 3.63) is 16.1 Å². The normalized spacial score (nSPS) is 12.8. The van der Waals surface area contributed by atoms with Crippen LogP contribution in [0.15, 0.2) is 5.38 Å². The monoisotopic (exact) mass is 299 g/mol. The second-order valence-corrected chi connectivity index (χ2v) is 6.61. The van der Waals surface area contributed by atoms with Crippen LogP contribution in [0.25, 0.3) is 0 Å². The van der Waals surface area contributed by atoms with Crippen molar-refractivity contribution >= 4 is 23.3 Å². The number of carbonyl (C=O) groups excluding carboxylic acids is 1. The number of hydrogen-bond donors (Lipinski definition) is 3. The van der Waals surface area contributed by atoms with Crippen LogP contribution in [0.3, 0.4) is 0 Å². The molecule has 1 heterocycles. The molecule has 3 N–H and O–H groups in total. The molecule has 0 aromatic carbocycles. The molecule has 1 unspecified atom stereocenters. The predicted molar refractivity (Wildman–Crippen MR) is 78.2 cm³/mol. The number of aromatic nitrogens is 1. The molecule has 6 nitrogen and oxygen atoms in total. The Balaban J connectivity index is 2.33. The van der Waals surface area contributed by atoms with E-state index in [4.69, 9.17) is 5.11 Å². The second-order valence-electron chi connectivity index (χ2n) is 5.67. The van der Waals surface area contributed by atoms with E-state index in [1.54, 1.807) is 0 Å². The lowest BCUT2D eigenvalue weighted by Gasteiger charge is -2.28. The number of nitrogens with one attached hydrogen (secondary N) is 2. The first-order valence-electron chi connectivity index (χ1n) is 6.42. The first kappa shape index (κ1) is 16.4. The standard InChI is InChI=1S/C13H21N3O3S/c1-8(13(2,3)4)15-12(19)14-6-5-10-16-9(7-20-10)11(17)18/h7-8H,5-6H2,1-4H3,(H,17,18)(H2,14,15,19). The number of aromatic carboxylic acids is 1. The quantitative estimate of drug-likeness (QED) is 0.776. The zero-order chi connectivity index (χ0) is 15.3. The fourth-order valence-corrected chi connectivity index (χ4v) is 2.04. The van der Waals surface area contributed by atoms with Crippen LogP contribution in [-0.2, 0) is 6.42 Å². The Morgan fingerprint density at radius 2 is 2.10 bits per heavy atom. The van der Waals surface area contributed by atoms with Gasteiger partial charge in [-0.05, 0) is 12.3 Å². The molecule has 0 saturated heterocycles. The minimum Gasteiger partial charge on any atom is -0.476 e. The second kappa shape index (κ2) is 6.69. The van der Waals surface area contributed by atoms with E-state index in [1.165, 1.54) is 16.7 Å². The van der Waals surface area contributed by atoms with Crippen LogP contribution in [0.2, 0.25) is 0 Å². The maximum Gasteiger partial charge on any atom is 0.355 e. The molecule has 0 aliphatic heterocycles. The number of amides is 2. The average Bonchev–Trinajstić information content (AvgIpc) is 2.76. The van der Waals surface area contributed by atoms with Crippen LogP contribution in [0.5, 0.6) is 0 Å². The topological polar surface area (TPSA) is 91.3 Å². The zero-order valence-corrected chi connectivity index (χ0v) is 13.0. The highest BCUT2D eigenvalue weighted by Gasteiger charge is 2.21. The molecule has 0 spiro atoms. The minimum absolute atomic E-state index is 0.00301. The molecule has 1 aromatic heterocycles. The van der Waals surface area contributed by atoms with Gasteiger partial charge >= 0.3 is 12.0 Å². The van der Waals surface area contributed by atoms with E-state index in [0.29, 0.717) is 18.0 Å². The van der Waals surface area contributed by atoms with Crippen molar-refractivity contribution in [2.75, 3.05) is 6.54 Å². The molecule has 0 aliphatic rings. The maximum absolute atomic E-state index is 11.7. The lowest BCUT2D eigenvalue weighted by molar-refractivity contribution is 0.0691. The maximum atomic E-state index is 11.7. The molecule has 7 heteroatoms. The Hall–Kier alpha value is -1.63. The third-order valence-electron chi connectivity index (χ3n) is 3.04. The van der Waals surface area contributed by atoms with Gasteiger partial charge in [0, 0.05) is 24.4 Å². The number of rotatable bonds is 5. The number of carboxylic acids is 1. The van der Waals surface area contributed by atoms with Crippen LogP contribution in [0.4, 0.5) is 4.79 Å². The van der Waals surface area contributed by atoms with Gasteiger partial charge in [-0.25, -0.2) is 14.6 Å². The molecule has 0 bridgehead atoms. The van der Waals surface area contributed by atoms with Gasteiger partial charge in [0.25, 0.3) is 0 Å². The van der Waals surface area contributed by atoms with Gasteiger partial charge < -0.3 is 15.7 Å². The van der Waals surface area contributed by atoms with Gasteiger partial charge in [-0.15, -0.1) is 11.3 Å². The highest BCUT2D eigenvalue weighted by molar-refractivity contribution is 7.09. The van der Waals surface area contributed by atoms with Crippen molar-refractivity contribution in [2.45, 2.75) is 40.2 Å². The Morgan fingerprint density at radius 3 is 2.60 bits per heavy atom. The summed E-state index contributed by atoms with van der Waals surface area (Å²) >= 11 is 1.28. The third kappa shape index (κ3) is 5.16. The molecule has 1 aromatic rings. The summed E-state index contributed by atoms with van der Waals surface area (Å²) in [6.45, 7) is 8.55. The van der Waals surface area contributed by atoms with Gasteiger partial charge in [0.2, 0.25) is 0 Å². The summed E-state index contributed by atoms with van der Waals surface area (Å²) in [6.07, 6.45) is 0.523. The Labute approximate surface area is 122 Å². The molecule has 0 saturated carbocycles. The summed E-state index contributed by atoms with van der Waals surface area (Å²) < 4.78 is 0. The lowest BCUT2D eigenvalue weighted by Crippen LogP contribution is -2.46. The summed E-state index contributed by atoms with van der Waals surface area (Å²) in [7, 11) is 0. The molecule has 0 fully saturated rings. The van der Waals surface area contributed by atoms with Crippen LogP contribution in [0.1, 0.15) is 43.2 Å². The Morgan fingerprint density at radius 1 is 1.45 bits per heavy atom. The number of urea groups is 1. The lowest BCUT2D eigenvalue weighted by atomic mass is 9.88. The summed E-state index contributed by atoms with van der Waals surface area (Å²) in [6, 6.07) is -0.164. The van der Waals surface area contributed by atoms with Gasteiger partial charge in [0.05, 0.1) is 5.01 Å². The van der Waals surface area contributed by atoms with Crippen molar-refractivity contribution in [1.82, 2.24) is 15.6 Å². The van der Waals surface area contributed by atoms with E-state index >= 15 is 0 Å². The average molecular weight is 299 g/mol. The van der Waals surface area contributed by atoms with Crippen LogP contribution < -0.4 is 10.6 Å². The highest BCUT2D eigenvalue weighted by atomic mass is 32.1. The fourth-order valence-electron chi connectivity index (χ4n) is 1.27. The molecular formula is C13H21N3O3S. The molecule has 1 rings (SSSR count). The largest absolute Gasteiger partial charge is 0.476 e. The van der Waals surface area contributed by atoms with Gasteiger partial charge in [-0.2, -0.15) is 0 Å². The molecule has 1 atom stereocenters. The van der Waals surface area contributed by atoms with E-state index < -0.39 is 5.97 Å². The molecular weight excluding hydrogens is 278 g/mol. The summed E-state index contributed by atoms with van der Waals surface area (Å²) in [5.74, 6) is -1.03. The first-order chi connectivity index (χ1) is 9.20. The van der Waals surface area contributed by atoms with Gasteiger partial charge in [-0.1, -0.05) is 20.8 Å². The van der Waals surface area contributed by atoms with Crippen molar-refractivity contribution in [1.29, 1.82) is 0 Å². The number of carboxylic acid groups (broad SMARTS) is 1. The number of hydrogen-bond acceptors (Lipinski definition) is 4. The van der Waals surface area contributed by atoms with Gasteiger partial charge in [0.15, 0.2) is 5.69 Å². The van der Waals surface area contributed by atoms with E-state index in [2.05, 4.69) is 36.4 Å². The fraction of sp³-hybridized carbons (Fsp3) is 0.615. The van der Waals surface area contributed by atoms with Crippen LogP contribution in [-0.4, -0.2) is 34.7 Å². The summed E-state index contributed by atoms with van der Waals surface area (Å²) in [5, 5.41) is 16.6. The zero-order valence-electron chi connectivity index (χ0n) is 12.2. The van der Waals surface area contributed by atoms with Crippen molar-refractivity contribution < 1.29 is 14.7 Å². The number of thiazole rings is 1. The van der Waals surface area contributed by atoms with E-state index in [0.717, 1.165) is 0 Å². The summed E-state index contributed by atoms with van der Waals surface area (Å²) in [5.41, 5.74) is 0.0547. The summed E-state index contributed by atoms with van der Waals surface area (Å²) in [4.78, 5) is 26.3. The van der Waals surface area contributed by atoms with Gasteiger partial charge in [0.1, 0.15) is 0 Å². The van der Waals surface area contributed by atoms with E-state index in [1.807, 2.05) is 6.92 Å². The molecule has 20 heavy (non-hydrogen) atoms. The number of nitrogens with zero attached hydrogens (tertiary/aromatic N) is 1. The van der Waals surface area contributed by atoms with Crippen LogP contribution >= 0.6 is 11.3 Å². The molecule has 0 aliphatic carbocycles. The smallest absolute Gasteiger partial charge is 0.355 e. The highest BCUT2D eigenvalue weighted by Crippen LogP contribution is 2.18. The minimum atomic E-state index is -1.03. The van der Waals surface area contributed by atoms with E-state index in [9.17, 15) is 9.59 Å². The Bertz CT molecular complexity index is 479. The van der Waals surface area contributed by atoms with Crippen LogP contribution in [0, 0.1) is 5.41 Å². The molecule has 112 valence electrons. The molecule has 0 radical (unpaired) electrons. The third-order valence-corrected chi connectivity index (χ3v) is 3.95.